The number of hydrogen-bond acceptors (Lipinski definition) is 7. The van der Waals surface area contributed by atoms with Gasteiger partial charge in [0.05, 0.1) is 11.9 Å². The maximum atomic E-state index is 12.3. The van der Waals surface area contributed by atoms with Crippen molar-refractivity contribution in [3.05, 3.63) is 35.1 Å². The third-order valence-corrected chi connectivity index (χ3v) is 4.03. The van der Waals surface area contributed by atoms with Crippen molar-refractivity contribution in [1.29, 1.82) is 0 Å². The lowest BCUT2D eigenvalue weighted by molar-refractivity contribution is 0.0939. The Morgan fingerprint density at radius 1 is 1.38 bits per heavy atom. The van der Waals surface area contributed by atoms with E-state index in [4.69, 9.17) is 10.2 Å². The molecule has 0 aromatic carbocycles. The number of nitrogens with one attached hydrogen (secondary N) is 1. The first-order valence-electron chi connectivity index (χ1n) is 6.28. The predicted octanol–water partition coefficient (Wildman–Crippen LogP) is 2.06. The molecule has 1 amide bonds. The third kappa shape index (κ3) is 2.45. The molecule has 8 heteroatoms. The minimum atomic E-state index is -0.350. The molecule has 108 valence electrons. The fraction of sp³-hybridized carbons (Fsp3) is 0.231. The molecule has 0 radical (unpaired) electrons. The molecule has 0 aliphatic rings. The topological polar surface area (TPSA) is 107 Å². The molecule has 1 atom stereocenters. The Hall–Kier alpha value is -2.48. The van der Waals surface area contributed by atoms with Crippen LogP contribution in [0.25, 0.3) is 10.3 Å². The average Bonchev–Trinajstić information content (AvgIpc) is 3.04. The standard InChI is InChI=1S/C13H13N5O2S/c1-6-5-17-12(20-6)7(2)18-11(19)10-8(14)9-13(21-10)16-4-3-15-9/h3-5,7H,14H2,1-2H3,(H,18,19). The smallest absolute Gasteiger partial charge is 0.264 e. The molecule has 7 nitrogen and oxygen atoms in total. The molecular weight excluding hydrogens is 290 g/mol. The first-order chi connectivity index (χ1) is 10.1. The van der Waals surface area contributed by atoms with Crippen LogP contribution in [0.2, 0.25) is 0 Å². The van der Waals surface area contributed by atoms with Gasteiger partial charge in [-0.05, 0) is 13.8 Å². The van der Waals surface area contributed by atoms with Crippen LogP contribution in [0, 0.1) is 6.92 Å². The van der Waals surface area contributed by atoms with E-state index in [1.807, 2.05) is 0 Å². The van der Waals surface area contributed by atoms with Gasteiger partial charge in [0.25, 0.3) is 5.91 Å². The highest BCUT2D eigenvalue weighted by Crippen LogP contribution is 2.30. The van der Waals surface area contributed by atoms with Crippen molar-refractivity contribution >= 4 is 33.3 Å². The number of carbonyl (C=O) groups is 1. The Bertz CT molecular complexity index is 810. The number of aryl methyl sites for hydroxylation is 1. The lowest BCUT2D eigenvalue weighted by Gasteiger charge is -2.09. The summed E-state index contributed by atoms with van der Waals surface area (Å²) >= 11 is 1.21. The first-order valence-corrected chi connectivity index (χ1v) is 7.10. The van der Waals surface area contributed by atoms with Crippen LogP contribution in [0.5, 0.6) is 0 Å². The summed E-state index contributed by atoms with van der Waals surface area (Å²) in [6.45, 7) is 3.59. The fourth-order valence-corrected chi connectivity index (χ4v) is 2.83. The lowest BCUT2D eigenvalue weighted by Crippen LogP contribution is -2.26. The number of carbonyl (C=O) groups excluding carboxylic acids is 1. The molecule has 0 spiro atoms. The van der Waals surface area contributed by atoms with E-state index >= 15 is 0 Å². The minimum absolute atomic E-state index is 0.291. The average molecular weight is 303 g/mol. The number of anilines is 1. The summed E-state index contributed by atoms with van der Waals surface area (Å²) in [6, 6.07) is -0.350. The summed E-state index contributed by atoms with van der Waals surface area (Å²) in [5.74, 6) is 0.860. The van der Waals surface area contributed by atoms with E-state index in [2.05, 4.69) is 20.3 Å². The monoisotopic (exact) mass is 303 g/mol. The molecular formula is C13H13N5O2S. The van der Waals surface area contributed by atoms with Gasteiger partial charge in [0, 0.05) is 12.4 Å². The van der Waals surface area contributed by atoms with Gasteiger partial charge in [0.1, 0.15) is 27.0 Å². The van der Waals surface area contributed by atoms with Gasteiger partial charge >= 0.3 is 0 Å². The van der Waals surface area contributed by atoms with Crippen LogP contribution in [0.3, 0.4) is 0 Å². The zero-order valence-electron chi connectivity index (χ0n) is 11.5. The summed E-state index contributed by atoms with van der Waals surface area (Å²) in [6.07, 6.45) is 4.73. The van der Waals surface area contributed by atoms with Gasteiger partial charge in [-0.15, -0.1) is 11.3 Å². The Balaban J connectivity index is 1.85. The van der Waals surface area contributed by atoms with Crippen molar-refractivity contribution < 1.29 is 9.21 Å². The second-order valence-electron chi connectivity index (χ2n) is 4.56. The SMILES string of the molecule is Cc1cnc(C(C)NC(=O)c2sc3nccnc3c2N)o1. The Morgan fingerprint density at radius 2 is 2.14 bits per heavy atom. The summed E-state index contributed by atoms with van der Waals surface area (Å²) in [5, 5.41) is 2.81. The number of nitrogen functional groups attached to an aromatic ring is 1. The normalized spacial score (nSPS) is 12.5. The minimum Gasteiger partial charge on any atom is -0.444 e. The van der Waals surface area contributed by atoms with Crippen LogP contribution < -0.4 is 11.1 Å². The second kappa shape index (κ2) is 5.13. The van der Waals surface area contributed by atoms with Crippen LogP contribution >= 0.6 is 11.3 Å². The number of nitrogens with zero attached hydrogens (tertiary/aromatic N) is 3. The van der Waals surface area contributed by atoms with Crippen molar-refractivity contribution in [3.8, 4) is 0 Å². The molecule has 1 unspecified atom stereocenters. The Morgan fingerprint density at radius 3 is 2.81 bits per heavy atom. The zero-order chi connectivity index (χ0) is 15.0. The molecule has 21 heavy (non-hydrogen) atoms. The number of rotatable bonds is 3. The van der Waals surface area contributed by atoms with Gasteiger partial charge < -0.3 is 15.5 Å². The van der Waals surface area contributed by atoms with Crippen LogP contribution in [-0.4, -0.2) is 20.9 Å². The van der Waals surface area contributed by atoms with E-state index in [-0.39, 0.29) is 11.9 Å². The zero-order valence-corrected chi connectivity index (χ0v) is 12.3. The molecule has 0 bridgehead atoms. The van der Waals surface area contributed by atoms with Crippen molar-refractivity contribution in [1.82, 2.24) is 20.3 Å². The van der Waals surface area contributed by atoms with E-state index in [0.717, 1.165) is 0 Å². The van der Waals surface area contributed by atoms with E-state index in [9.17, 15) is 4.79 Å². The van der Waals surface area contributed by atoms with Gasteiger partial charge in [-0.3, -0.25) is 4.79 Å². The molecule has 3 aromatic rings. The van der Waals surface area contributed by atoms with Crippen molar-refractivity contribution in [3.63, 3.8) is 0 Å². The predicted molar refractivity (Wildman–Crippen MR) is 78.9 cm³/mol. The van der Waals surface area contributed by atoms with Crippen molar-refractivity contribution in [2.75, 3.05) is 5.73 Å². The highest BCUT2D eigenvalue weighted by Gasteiger charge is 2.21. The number of amides is 1. The fourth-order valence-electron chi connectivity index (χ4n) is 1.91. The molecule has 3 heterocycles. The van der Waals surface area contributed by atoms with E-state index < -0.39 is 0 Å². The van der Waals surface area contributed by atoms with Crippen molar-refractivity contribution in [2.45, 2.75) is 19.9 Å². The van der Waals surface area contributed by atoms with Crippen LogP contribution in [-0.2, 0) is 0 Å². The molecule has 0 fully saturated rings. The number of hydrogen-bond donors (Lipinski definition) is 2. The summed E-state index contributed by atoms with van der Waals surface area (Å²) in [4.78, 5) is 25.7. The number of nitrogens with two attached hydrogens (primary N) is 1. The maximum Gasteiger partial charge on any atom is 0.264 e. The van der Waals surface area contributed by atoms with Crippen LogP contribution in [0.4, 0.5) is 5.69 Å². The summed E-state index contributed by atoms with van der Waals surface area (Å²) in [5.41, 5.74) is 6.86. The van der Waals surface area contributed by atoms with Crippen LogP contribution in [0.1, 0.15) is 34.3 Å². The van der Waals surface area contributed by atoms with Crippen molar-refractivity contribution in [2.24, 2.45) is 0 Å². The molecule has 0 saturated carbocycles. The maximum absolute atomic E-state index is 12.3. The quantitative estimate of drug-likeness (QED) is 0.767. The largest absolute Gasteiger partial charge is 0.444 e. The molecule has 0 saturated heterocycles. The molecule has 0 aliphatic heterocycles. The number of oxazole rings is 1. The van der Waals surface area contributed by atoms with Gasteiger partial charge in [0.2, 0.25) is 5.89 Å². The molecule has 3 N–H and O–H groups in total. The van der Waals surface area contributed by atoms with Gasteiger partial charge in [-0.25, -0.2) is 15.0 Å². The van der Waals surface area contributed by atoms with Gasteiger partial charge in [-0.1, -0.05) is 0 Å². The Kier molecular flexibility index (Phi) is 3.30. The lowest BCUT2D eigenvalue weighted by atomic mass is 10.3. The molecule has 0 aliphatic carbocycles. The van der Waals surface area contributed by atoms with Gasteiger partial charge in [-0.2, -0.15) is 0 Å². The van der Waals surface area contributed by atoms with Crippen LogP contribution in [0.15, 0.2) is 23.0 Å². The Labute approximate surface area is 124 Å². The van der Waals surface area contributed by atoms with E-state index in [1.54, 1.807) is 32.4 Å². The number of aromatic nitrogens is 3. The van der Waals surface area contributed by atoms with E-state index in [1.165, 1.54) is 11.3 Å². The third-order valence-electron chi connectivity index (χ3n) is 2.93. The highest BCUT2D eigenvalue weighted by molar-refractivity contribution is 7.21. The molecule has 3 rings (SSSR count). The first kappa shape index (κ1) is 13.5. The van der Waals surface area contributed by atoms with Gasteiger partial charge in [0.15, 0.2) is 0 Å². The van der Waals surface area contributed by atoms with E-state index in [0.29, 0.717) is 32.6 Å². The number of fused-ring (bicyclic) bond motifs is 1. The second-order valence-corrected chi connectivity index (χ2v) is 5.56. The highest BCUT2D eigenvalue weighted by atomic mass is 32.1. The summed E-state index contributed by atoms with van der Waals surface area (Å²) < 4.78 is 5.39. The summed E-state index contributed by atoms with van der Waals surface area (Å²) in [7, 11) is 0. The number of thiophene rings is 1. The molecule has 3 aromatic heterocycles.